The molecule has 0 saturated carbocycles. The molecule has 234 valence electrons. The molecule has 0 aliphatic carbocycles. The predicted octanol–water partition coefficient (Wildman–Crippen LogP) is 2.74. The maximum absolute atomic E-state index is 13.7. The third kappa shape index (κ3) is 8.59. The summed E-state index contributed by atoms with van der Waals surface area (Å²) in [5.41, 5.74) is 1.40. The lowest BCUT2D eigenvalue weighted by Crippen LogP contribution is -2.50. The number of amides is 4. The van der Waals surface area contributed by atoms with Gasteiger partial charge in [0.25, 0.3) is 5.91 Å². The minimum atomic E-state index is -0.458. The fourth-order valence-electron chi connectivity index (χ4n) is 5.07. The lowest BCUT2D eigenvalue weighted by Gasteiger charge is -2.38. The Hall–Kier alpha value is -3.87. The van der Waals surface area contributed by atoms with Crippen LogP contribution in [0, 0.1) is 5.92 Å². The molecule has 2 aromatic rings. The summed E-state index contributed by atoms with van der Waals surface area (Å²) in [4.78, 5) is 44.8. The molecular weight excluding hydrogens is 554 g/mol. The number of urea groups is 1. The van der Waals surface area contributed by atoms with Gasteiger partial charge in [-0.2, -0.15) is 0 Å². The van der Waals surface area contributed by atoms with Crippen LogP contribution in [-0.4, -0.2) is 116 Å². The number of aliphatic hydroxyl groups excluding tert-OH is 1. The highest BCUT2D eigenvalue weighted by Crippen LogP contribution is 2.31. The summed E-state index contributed by atoms with van der Waals surface area (Å²) < 4.78 is 16.9. The molecule has 2 heterocycles. The Morgan fingerprint density at radius 2 is 1.81 bits per heavy atom. The number of morpholine rings is 1. The van der Waals surface area contributed by atoms with Gasteiger partial charge in [-0.3, -0.25) is 14.5 Å². The number of anilines is 2. The summed E-state index contributed by atoms with van der Waals surface area (Å²) >= 11 is 0. The molecule has 12 nitrogen and oxygen atoms in total. The molecule has 1 saturated heterocycles. The number of carbonyl (C=O) groups excluding carboxylic acids is 3. The SMILES string of the molecule is COc1ccc(NC(=O)N(C)C[C@H]2Oc3ccc(NC(=O)CCN4CCOCC4)cc3C(=O)N([C@H](C)CO)C[C@H]2C)cc1. The van der Waals surface area contributed by atoms with Crippen LogP contribution < -0.4 is 20.1 Å². The summed E-state index contributed by atoms with van der Waals surface area (Å²) in [5, 5.41) is 15.7. The van der Waals surface area contributed by atoms with Crippen molar-refractivity contribution < 1.29 is 33.7 Å². The molecule has 0 aromatic heterocycles. The molecule has 4 amide bonds. The van der Waals surface area contributed by atoms with Crippen molar-refractivity contribution in [2.45, 2.75) is 32.4 Å². The van der Waals surface area contributed by atoms with Crippen molar-refractivity contribution in [3.8, 4) is 11.5 Å². The first kappa shape index (κ1) is 32.1. The quantitative estimate of drug-likeness (QED) is 0.381. The number of hydrogen-bond acceptors (Lipinski definition) is 8. The van der Waals surface area contributed by atoms with Crippen LogP contribution in [0.3, 0.4) is 0 Å². The molecule has 0 spiro atoms. The Kier molecular flexibility index (Phi) is 11.2. The van der Waals surface area contributed by atoms with Gasteiger partial charge in [0, 0.05) is 56.9 Å². The molecule has 12 heteroatoms. The van der Waals surface area contributed by atoms with E-state index in [1.165, 1.54) is 4.90 Å². The van der Waals surface area contributed by atoms with E-state index in [1.807, 2.05) is 6.92 Å². The van der Waals surface area contributed by atoms with Crippen LogP contribution in [0.1, 0.15) is 30.6 Å². The molecule has 0 bridgehead atoms. The van der Waals surface area contributed by atoms with E-state index in [4.69, 9.17) is 14.2 Å². The van der Waals surface area contributed by atoms with Gasteiger partial charge in [0.2, 0.25) is 5.91 Å². The molecule has 4 rings (SSSR count). The van der Waals surface area contributed by atoms with Crippen molar-refractivity contribution in [1.29, 1.82) is 0 Å². The molecule has 1 fully saturated rings. The van der Waals surface area contributed by atoms with Crippen molar-refractivity contribution >= 4 is 29.2 Å². The normalized spacial score (nSPS) is 19.7. The maximum Gasteiger partial charge on any atom is 0.321 e. The molecule has 0 radical (unpaired) electrons. The lowest BCUT2D eigenvalue weighted by atomic mass is 9.99. The van der Waals surface area contributed by atoms with E-state index in [9.17, 15) is 19.5 Å². The van der Waals surface area contributed by atoms with Gasteiger partial charge >= 0.3 is 6.03 Å². The Balaban J connectivity index is 1.48. The molecule has 2 aliphatic rings. The van der Waals surface area contributed by atoms with Gasteiger partial charge in [-0.15, -0.1) is 0 Å². The zero-order chi connectivity index (χ0) is 30.9. The molecule has 3 N–H and O–H groups in total. The average molecular weight is 598 g/mol. The largest absolute Gasteiger partial charge is 0.497 e. The van der Waals surface area contributed by atoms with Crippen molar-refractivity contribution in [1.82, 2.24) is 14.7 Å². The van der Waals surface area contributed by atoms with Gasteiger partial charge in [0.05, 0.1) is 45.1 Å². The summed E-state index contributed by atoms with van der Waals surface area (Å²) in [6.07, 6.45) is -0.138. The van der Waals surface area contributed by atoms with Crippen LogP contribution in [0.4, 0.5) is 16.2 Å². The fourth-order valence-corrected chi connectivity index (χ4v) is 5.07. The Morgan fingerprint density at radius 1 is 1.12 bits per heavy atom. The molecule has 0 unspecified atom stereocenters. The van der Waals surface area contributed by atoms with E-state index in [1.54, 1.807) is 68.4 Å². The Morgan fingerprint density at radius 3 is 2.49 bits per heavy atom. The first-order valence-corrected chi connectivity index (χ1v) is 14.7. The minimum Gasteiger partial charge on any atom is -0.497 e. The second-order valence-corrected chi connectivity index (χ2v) is 11.1. The van der Waals surface area contributed by atoms with Crippen LogP contribution in [0.2, 0.25) is 0 Å². The summed E-state index contributed by atoms with van der Waals surface area (Å²) in [6.45, 7) is 7.66. The van der Waals surface area contributed by atoms with Crippen molar-refractivity contribution in [2.75, 3.05) is 77.3 Å². The summed E-state index contributed by atoms with van der Waals surface area (Å²) in [6, 6.07) is 11.3. The number of hydrogen-bond donors (Lipinski definition) is 3. The summed E-state index contributed by atoms with van der Waals surface area (Å²) in [5.74, 6) is 0.432. The molecule has 3 atom stereocenters. The number of nitrogens with one attached hydrogen (secondary N) is 2. The van der Waals surface area contributed by atoms with E-state index in [0.717, 1.165) is 13.1 Å². The predicted molar refractivity (Wildman–Crippen MR) is 163 cm³/mol. The van der Waals surface area contributed by atoms with E-state index in [-0.39, 0.29) is 42.5 Å². The third-order valence-corrected chi connectivity index (χ3v) is 7.85. The first-order valence-electron chi connectivity index (χ1n) is 14.7. The number of likely N-dealkylation sites (N-methyl/N-ethyl adjacent to an activating group) is 1. The van der Waals surface area contributed by atoms with Crippen LogP contribution in [0.15, 0.2) is 42.5 Å². The zero-order valence-corrected chi connectivity index (χ0v) is 25.4. The average Bonchev–Trinajstić information content (AvgIpc) is 3.02. The van der Waals surface area contributed by atoms with Crippen molar-refractivity contribution in [3.63, 3.8) is 0 Å². The van der Waals surface area contributed by atoms with Gasteiger partial charge in [0.1, 0.15) is 17.6 Å². The third-order valence-electron chi connectivity index (χ3n) is 7.85. The van der Waals surface area contributed by atoms with Crippen molar-refractivity contribution in [2.24, 2.45) is 5.92 Å². The highest BCUT2D eigenvalue weighted by atomic mass is 16.5. The fraction of sp³-hybridized carbons (Fsp3) is 0.516. The van der Waals surface area contributed by atoms with E-state index in [0.29, 0.717) is 55.6 Å². The second-order valence-electron chi connectivity index (χ2n) is 11.1. The highest BCUT2D eigenvalue weighted by Gasteiger charge is 2.34. The second kappa shape index (κ2) is 15.0. The van der Waals surface area contributed by atoms with Crippen molar-refractivity contribution in [3.05, 3.63) is 48.0 Å². The first-order chi connectivity index (χ1) is 20.7. The maximum atomic E-state index is 13.7. The Labute approximate surface area is 252 Å². The van der Waals surface area contributed by atoms with E-state index in [2.05, 4.69) is 15.5 Å². The standard InChI is InChI=1S/C31H43N5O7/c1-21-18-36(22(2)20-37)30(39)26-17-24(32-29(38)11-12-35-13-15-42-16-14-35)7-10-27(26)43-28(21)19-34(3)31(40)33-23-5-8-25(41-4)9-6-23/h5-10,17,21-22,28,37H,11-16,18-20H2,1-4H3,(H,32,38)(H,33,40)/t21-,22-,28-/m1/s1. The number of fused-ring (bicyclic) bond motifs is 1. The van der Waals surface area contributed by atoms with Crippen LogP contribution in [0.25, 0.3) is 0 Å². The molecule has 2 aliphatic heterocycles. The minimum absolute atomic E-state index is 0.151. The number of ether oxygens (including phenoxy) is 3. The number of benzene rings is 2. The number of nitrogens with zero attached hydrogens (tertiary/aromatic N) is 3. The monoisotopic (exact) mass is 597 g/mol. The molecule has 43 heavy (non-hydrogen) atoms. The van der Waals surface area contributed by atoms with Gasteiger partial charge in [-0.1, -0.05) is 6.92 Å². The number of aliphatic hydroxyl groups is 1. The van der Waals surface area contributed by atoms with Crippen LogP contribution in [0.5, 0.6) is 11.5 Å². The number of carbonyl (C=O) groups is 3. The van der Waals surface area contributed by atoms with E-state index < -0.39 is 12.1 Å². The van der Waals surface area contributed by atoms with Gasteiger partial charge < -0.3 is 39.8 Å². The highest BCUT2D eigenvalue weighted by molar-refractivity contribution is 6.00. The smallest absolute Gasteiger partial charge is 0.321 e. The Bertz CT molecular complexity index is 1250. The van der Waals surface area contributed by atoms with Crippen LogP contribution in [-0.2, 0) is 9.53 Å². The van der Waals surface area contributed by atoms with Gasteiger partial charge in [-0.05, 0) is 49.4 Å². The molecular formula is C31H43N5O7. The zero-order valence-electron chi connectivity index (χ0n) is 25.4. The van der Waals surface area contributed by atoms with Crippen LogP contribution >= 0.6 is 0 Å². The topological polar surface area (TPSA) is 133 Å². The summed E-state index contributed by atoms with van der Waals surface area (Å²) in [7, 11) is 3.26. The lowest BCUT2D eigenvalue weighted by molar-refractivity contribution is -0.116. The van der Waals surface area contributed by atoms with E-state index >= 15 is 0 Å². The number of rotatable bonds is 10. The molecule has 2 aromatic carbocycles. The van der Waals surface area contributed by atoms with Gasteiger partial charge in [-0.25, -0.2) is 4.79 Å². The number of methoxy groups -OCH3 is 1. The van der Waals surface area contributed by atoms with Gasteiger partial charge in [0.15, 0.2) is 0 Å².